The van der Waals surface area contributed by atoms with Crippen molar-refractivity contribution in [3.63, 3.8) is 0 Å². The van der Waals surface area contributed by atoms with Crippen molar-refractivity contribution in [2.45, 2.75) is 80.1 Å². The first-order chi connectivity index (χ1) is 6.93. The van der Waals surface area contributed by atoms with E-state index in [1.54, 1.807) is 0 Å². The van der Waals surface area contributed by atoms with Crippen molar-refractivity contribution in [2.24, 2.45) is 17.3 Å². The number of hydrogen-bond acceptors (Lipinski definition) is 0. The van der Waals surface area contributed by atoms with Crippen LogP contribution in [0.5, 0.6) is 0 Å². The van der Waals surface area contributed by atoms with Crippen molar-refractivity contribution in [2.75, 3.05) is 0 Å². The summed E-state index contributed by atoms with van der Waals surface area (Å²) in [6.45, 7) is 14.3. The maximum absolute atomic E-state index is 2.43. The average molecular weight is 212 g/mol. The van der Waals surface area contributed by atoms with Gasteiger partial charge < -0.3 is 0 Å². The molecule has 2 unspecified atom stereocenters. The highest BCUT2D eigenvalue weighted by Crippen LogP contribution is 2.37. The van der Waals surface area contributed by atoms with E-state index in [-0.39, 0.29) is 0 Å². The van der Waals surface area contributed by atoms with Gasteiger partial charge in [0.1, 0.15) is 0 Å². The lowest BCUT2D eigenvalue weighted by molar-refractivity contribution is 0.148. The minimum atomic E-state index is 0.488. The molecule has 2 atom stereocenters. The molecule has 0 spiro atoms. The molecule has 0 radical (unpaired) electrons. The lowest BCUT2D eigenvalue weighted by atomic mass is 9.70. The van der Waals surface area contributed by atoms with Gasteiger partial charge in [0.15, 0.2) is 0 Å². The van der Waals surface area contributed by atoms with Crippen molar-refractivity contribution in [3.8, 4) is 0 Å². The second-order valence-corrected chi connectivity index (χ2v) is 6.21. The van der Waals surface area contributed by atoms with Gasteiger partial charge >= 0.3 is 0 Å². The molecular formula is C15H32. The van der Waals surface area contributed by atoms with Gasteiger partial charge in [0.05, 0.1) is 0 Å². The van der Waals surface area contributed by atoms with Crippen LogP contribution < -0.4 is 0 Å². The minimum absolute atomic E-state index is 0.488. The molecule has 0 aromatic carbocycles. The van der Waals surface area contributed by atoms with Gasteiger partial charge in [0.25, 0.3) is 0 Å². The van der Waals surface area contributed by atoms with Gasteiger partial charge in [0, 0.05) is 0 Å². The van der Waals surface area contributed by atoms with Gasteiger partial charge in [-0.3, -0.25) is 0 Å². The third-order valence-electron chi connectivity index (χ3n) is 3.81. The Hall–Kier alpha value is 0. The van der Waals surface area contributed by atoms with Crippen LogP contribution in [0.15, 0.2) is 0 Å². The van der Waals surface area contributed by atoms with E-state index in [0.717, 1.165) is 11.8 Å². The Labute approximate surface area is 97.8 Å². The smallest absolute Gasteiger partial charge is 0.0340 e. The zero-order valence-corrected chi connectivity index (χ0v) is 11.9. The molecule has 0 aliphatic rings. The molecule has 0 saturated carbocycles. The second kappa shape index (κ2) is 7.30. The highest BCUT2D eigenvalue weighted by atomic mass is 14.3. The van der Waals surface area contributed by atoms with Gasteiger partial charge in [-0.05, 0) is 23.7 Å². The number of hydrogen-bond donors (Lipinski definition) is 0. The van der Waals surface area contributed by atoms with Crippen molar-refractivity contribution in [3.05, 3.63) is 0 Å². The van der Waals surface area contributed by atoms with E-state index in [1.165, 1.54) is 38.5 Å². The molecule has 92 valence electrons. The summed E-state index contributed by atoms with van der Waals surface area (Å²) >= 11 is 0. The summed E-state index contributed by atoms with van der Waals surface area (Å²) in [6.07, 6.45) is 8.38. The van der Waals surface area contributed by atoms with E-state index in [2.05, 4.69) is 41.5 Å². The standard InChI is InChI=1S/C15H32/c1-7-9-10-11-12-14(13(3)8-2)15(4,5)6/h13-14H,7-12H2,1-6H3. The molecule has 0 heterocycles. The minimum Gasteiger partial charge on any atom is -0.0654 e. The third-order valence-corrected chi connectivity index (χ3v) is 3.81. The fraction of sp³-hybridized carbons (Fsp3) is 1.00. The summed E-state index contributed by atoms with van der Waals surface area (Å²) in [6, 6.07) is 0. The topological polar surface area (TPSA) is 0 Å². The van der Waals surface area contributed by atoms with Crippen LogP contribution in [0, 0.1) is 17.3 Å². The molecule has 0 aliphatic heterocycles. The van der Waals surface area contributed by atoms with Gasteiger partial charge in [-0.25, -0.2) is 0 Å². The van der Waals surface area contributed by atoms with Crippen LogP contribution in [0.2, 0.25) is 0 Å². The Morgan fingerprint density at radius 1 is 0.933 bits per heavy atom. The lowest BCUT2D eigenvalue weighted by Gasteiger charge is -2.35. The molecule has 0 amide bonds. The Balaban J connectivity index is 4.03. The molecule has 0 fully saturated rings. The van der Waals surface area contributed by atoms with E-state index in [0.29, 0.717) is 5.41 Å². The first-order valence-corrected chi connectivity index (χ1v) is 6.93. The van der Waals surface area contributed by atoms with Crippen LogP contribution in [0.25, 0.3) is 0 Å². The summed E-state index contributed by atoms with van der Waals surface area (Å²) in [5.41, 5.74) is 0.488. The quantitative estimate of drug-likeness (QED) is 0.477. The van der Waals surface area contributed by atoms with Crippen molar-refractivity contribution in [1.29, 1.82) is 0 Å². The molecule has 0 nitrogen and oxygen atoms in total. The zero-order valence-electron chi connectivity index (χ0n) is 11.9. The van der Waals surface area contributed by atoms with Crippen LogP contribution in [0.1, 0.15) is 80.1 Å². The van der Waals surface area contributed by atoms with E-state index in [9.17, 15) is 0 Å². The van der Waals surface area contributed by atoms with Gasteiger partial charge in [-0.15, -0.1) is 0 Å². The second-order valence-electron chi connectivity index (χ2n) is 6.21. The lowest BCUT2D eigenvalue weighted by Crippen LogP contribution is -2.26. The largest absolute Gasteiger partial charge is 0.0654 e. The normalized spacial score (nSPS) is 16.4. The molecule has 0 saturated heterocycles. The maximum atomic E-state index is 2.43. The Kier molecular flexibility index (Phi) is 7.30. The maximum Gasteiger partial charge on any atom is -0.0340 e. The number of unbranched alkanes of at least 4 members (excludes halogenated alkanes) is 3. The van der Waals surface area contributed by atoms with E-state index in [4.69, 9.17) is 0 Å². The fourth-order valence-corrected chi connectivity index (χ4v) is 2.65. The highest BCUT2D eigenvalue weighted by Gasteiger charge is 2.27. The fourth-order valence-electron chi connectivity index (χ4n) is 2.65. The molecule has 0 aromatic rings. The van der Waals surface area contributed by atoms with Gasteiger partial charge in [-0.1, -0.05) is 73.6 Å². The predicted molar refractivity (Wildman–Crippen MR) is 71.2 cm³/mol. The third kappa shape index (κ3) is 6.22. The molecule has 0 aromatic heterocycles. The summed E-state index contributed by atoms with van der Waals surface area (Å²) in [4.78, 5) is 0. The highest BCUT2D eigenvalue weighted by molar-refractivity contribution is 4.77. The zero-order chi connectivity index (χ0) is 11.9. The van der Waals surface area contributed by atoms with Crippen LogP contribution in [0.3, 0.4) is 0 Å². The monoisotopic (exact) mass is 212 g/mol. The SMILES string of the molecule is CCCCCCC(C(C)CC)C(C)(C)C. The van der Waals surface area contributed by atoms with Crippen LogP contribution in [-0.2, 0) is 0 Å². The molecule has 0 N–H and O–H groups in total. The van der Waals surface area contributed by atoms with Crippen LogP contribution >= 0.6 is 0 Å². The van der Waals surface area contributed by atoms with Crippen LogP contribution in [-0.4, -0.2) is 0 Å². The van der Waals surface area contributed by atoms with Gasteiger partial charge in [-0.2, -0.15) is 0 Å². The van der Waals surface area contributed by atoms with E-state index < -0.39 is 0 Å². The first-order valence-electron chi connectivity index (χ1n) is 6.93. The van der Waals surface area contributed by atoms with Crippen molar-refractivity contribution >= 4 is 0 Å². The molecule has 0 rings (SSSR count). The predicted octanol–water partition coefficient (Wildman–Crippen LogP) is 5.67. The molecular weight excluding hydrogens is 180 g/mol. The molecule has 0 bridgehead atoms. The van der Waals surface area contributed by atoms with E-state index >= 15 is 0 Å². The Morgan fingerprint density at radius 2 is 1.53 bits per heavy atom. The van der Waals surface area contributed by atoms with Crippen LogP contribution in [0.4, 0.5) is 0 Å². The Bertz CT molecular complexity index is 141. The summed E-state index contributed by atoms with van der Waals surface area (Å²) in [5, 5.41) is 0. The van der Waals surface area contributed by atoms with Crippen molar-refractivity contribution in [1.82, 2.24) is 0 Å². The average Bonchev–Trinajstić information content (AvgIpc) is 2.15. The summed E-state index contributed by atoms with van der Waals surface area (Å²) < 4.78 is 0. The Morgan fingerprint density at radius 3 is 1.93 bits per heavy atom. The molecule has 15 heavy (non-hydrogen) atoms. The molecule has 0 aliphatic carbocycles. The summed E-state index contributed by atoms with van der Waals surface area (Å²) in [7, 11) is 0. The first kappa shape index (κ1) is 15.0. The van der Waals surface area contributed by atoms with E-state index in [1.807, 2.05) is 0 Å². The molecule has 0 heteroatoms. The van der Waals surface area contributed by atoms with Crippen molar-refractivity contribution < 1.29 is 0 Å². The van der Waals surface area contributed by atoms with Gasteiger partial charge in [0.2, 0.25) is 0 Å². The number of rotatable bonds is 7. The summed E-state index contributed by atoms with van der Waals surface area (Å²) in [5.74, 6) is 1.78.